The van der Waals surface area contributed by atoms with Crippen LogP contribution in [-0.4, -0.2) is 21.2 Å². The molecule has 0 aliphatic rings. The Bertz CT molecular complexity index is 1350. The van der Waals surface area contributed by atoms with Crippen molar-refractivity contribution in [1.29, 1.82) is 0 Å². The molecule has 0 saturated carbocycles. The molecule has 0 saturated heterocycles. The zero-order chi connectivity index (χ0) is 22.7. The Labute approximate surface area is 194 Å². The minimum Gasteiger partial charge on any atom is -0.325 e. The van der Waals surface area contributed by atoms with Gasteiger partial charge in [-0.2, -0.15) is 0 Å². The minimum absolute atomic E-state index is 0.117. The summed E-state index contributed by atoms with van der Waals surface area (Å²) in [5.74, 6) is 0.00918. The van der Waals surface area contributed by atoms with Gasteiger partial charge in [0.1, 0.15) is 4.83 Å². The van der Waals surface area contributed by atoms with Crippen LogP contribution in [0.2, 0.25) is 0 Å². The third-order valence-corrected chi connectivity index (χ3v) is 6.93. The first kappa shape index (κ1) is 22.0. The lowest BCUT2D eigenvalue weighted by molar-refractivity contribution is -0.113. The lowest BCUT2D eigenvalue weighted by Crippen LogP contribution is -2.23. The number of thiophene rings is 1. The molecule has 0 bridgehead atoms. The fourth-order valence-corrected chi connectivity index (χ4v) is 5.18. The van der Waals surface area contributed by atoms with Gasteiger partial charge in [-0.1, -0.05) is 65.9 Å². The number of rotatable bonds is 7. The third kappa shape index (κ3) is 4.54. The number of carbonyl (C=O) groups excluding carboxylic acids is 1. The minimum atomic E-state index is -0.143. The van der Waals surface area contributed by atoms with Crippen LogP contribution in [0.25, 0.3) is 21.3 Å². The molecule has 2 aromatic heterocycles. The van der Waals surface area contributed by atoms with Gasteiger partial charge in [0.05, 0.1) is 11.1 Å². The van der Waals surface area contributed by atoms with Crippen molar-refractivity contribution in [1.82, 2.24) is 9.55 Å². The zero-order valence-corrected chi connectivity index (χ0v) is 19.6. The van der Waals surface area contributed by atoms with E-state index in [4.69, 9.17) is 4.98 Å². The van der Waals surface area contributed by atoms with Crippen LogP contribution in [0.3, 0.4) is 0 Å². The topological polar surface area (TPSA) is 64.0 Å². The van der Waals surface area contributed by atoms with Crippen LogP contribution in [0.1, 0.15) is 11.1 Å². The molecule has 0 atom stereocenters. The summed E-state index contributed by atoms with van der Waals surface area (Å²) in [6, 6.07) is 15.7. The molecule has 32 heavy (non-hydrogen) atoms. The smallest absolute Gasteiger partial charge is 0.263 e. The summed E-state index contributed by atoms with van der Waals surface area (Å²) in [7, 11) is 0. The Morgan fingerprint density at radius 2 is 1.94 bits per heavy atom. The molecule has 162 valence electrons. The second-order valence-electron chi connectivity index (χ2n) is 7.45. The first-order valence-electron chi connectivity index (χ1n) is 10.2. The van der Waals surface area contributed by atoms with Crippen molar-refractivity contribution in [3.05, 3.63) is 88.0 Å². The number of para-hydroxylation sites is 1. The van der Waals surface area contributed by atoms with E-state index in [0.29, 0.717) is 21.9 Å². The number of amides is 1. The first-order valence-corrected chi connectivity index (χ1v) is 12.0. The van der Waals surface area contributed by atoms with Gasteiger partial charge in [0.15, 0.2) is 5.16 Å². The maximum Gasteiger partial charge on any atom is 0.263 e. The van der Waals surface area contributed by atoms with Crippen molar-refractivity contribution in [3.8, 4) is 11.1 Å². The maximum absolute atomic E-state index is 13.4. The molecule has 0 fully saturated rings. The lowest BCUT2D eigenvalue weighted by Gasteiger charge is -2.11. The number of nitrogens with one attached hydrogen (secondary N) is 1. The summed E-state index contributed by atoms with van der Waals surface area (Å²) in [5.41, 5.74) is 4.70. The van der Waals surface area contributed by atoms with Crippen molar-refractivity contribution >= 4 is 44.9 Å². The van der Waals surface area contributed by atoms with Crippen LogP contribution in [0, 0.1) is 13.8 Å². The van der Waals surface area contributed by atoms with Gasteiger partial charge in [-0.25, -0.2) is 4.98 Å². The molecule has 5 nitrogen and oxygen atoms in total. The van der Waals surface area contributed by atoms with Gasteiger partial charge in [-0.15, -0.1) is 17.9 Å². The van der Waals surface area contributed by atoms with Gasteiger partial charge in [0.25, 0.3) is 5.56 Å². The summed E-state index contributed by atoms with van der Waals surface area (Å²) in [6.07, 6.45) is 1.67. The zero-order valence-electron chi connectivity index (χ0n) is 17.9. The Balaban J connectivity index is 1.64. The number of fused-ring (bicyclic) bond motifs is 1. The fraction of sp³-hybridized carbons (Fsp3) is 0.160. The molecule has 0 aliphatic heterocycles. The highest BCUT2D eigenvalue weighted by molar-refractivity contribution is 7.99. The number of hydrogen-bond acceptors (Lipinski definition) is 5. The van der Waals surface area contributed by atoms with Gasteiger partial charge in [0.2, 0.25) is 5.91 Å². The standard InChI is InChI=1S/C25H23N3O2S2/c1-4-13-28-24(30)22-19(18-11-9-16(2)10-12-18)14-31-23(22)27-25(28)32-15-21(29)26-20-8-6-5-7-17(20)3/h4-12,14H,1,13,15H2,2-3H3,(H,26,29). The van der Waals surface area contributed by atoms with E-state index in [-0.39, 0.29) is 17.2 Å². The van der Waals surface area contributed by atoms with Gasteiger partial charge < -0.3 is 5.32 Å². The van der Waals surface area contributed by atoms with Crippen LogP contribution in [0.15, 0.2) is 76.5 Å². The Morgan fingerprint density at radius 3 is 2.66 bits per heavy atom. The number of carbonyl (C=O) groups is 1. The van der Waals surface area contributed by atoms with Crippen LogP contribution in [-0.2, 0) is 11.3 Å². The predicted octanol–water partition coefficient (Wildman–Crippen LogP) is 5.66. The van der Waals surface area contributed by atoms with E-state index in [1.54, 1.807) is 10.6 Å². The second-order valence-corrected chi connectivity index (χ2v) is 9.25. The monoisotopic (exact) mass is 461 g/mol. The van der Waals surface area contributed by atoms with Crippen LogP contribution in [0.4, 0.5) is 5.69 Å². The molecular formula is C25H23N3O2S2. The molecule has 0 unspecified atom stereocenters. The average Bonchev–Trinajstić information content (AvgIpc) is 3.21. The molecule has 0 radical (unpaired) electrons. The van der Waals surface area contributed by atoms with Crippen LogP contribution in [0.5, 0.6) is 0 Å². The number of aromatic nitrogens is 2. The van der Waals surface area contributed by atoms with E-state index in [1.165, 1.54) is 23.1 Å². The van der Waals surface area contributed by atoms with Crippen molar-refractivity contribution in [3.63, 3.8) is 0 Å². The number of anilines is 1. The van der Waals surface area contributed by atoms with E-state index in [9.17, 15) is 9.59 Å². The first-order chi connectivity index (χ1) is 15.5. The Morgan fingerprint density at radius 1 is 1.19 bits per heavy atom. The Hall–Kier alpha value is -3.16. The lowest BCUT2D eigenvalue weighted by atomic mass is 10.1. The molecule has 4 aromatic rings. The van der Waals surface area contributed by atoms with E-state index in [2.05, 4.69) is 11.9 Å². The number of nitrogens with zero attached hydrogens (tertiary/aromatic N) is 2. The quantitative estimate of drug-likeness (QED) is 0.219. The van der Waals surface area contributed by atoms with Crippen molar-refractivity contribution in [2.45, 2.75) is 25.5 Å². The highest BCUT2D eigenvalue weighted by Crippen LogP contribution is 2.32. The third-order valence-electron chi connectivity index (χ3n) is 5.08. The molecule has 0 spiro atoms. The number of allylic oxidation sites excluding steroid dienone is 1. The molecule has 2 heterocycles. The van der Waals surface area contributed by atoms with E-state index >= 15 is 0 Å². The molecule has 4 rings (SSSR count). The number of benzene rings is 2. The van der Waals surface area contributed by atoms with Gasteiger partial charge in [-0.3, -0.25) is 14.2 Å². The molecule has 0 aliphatic carbocycles. The van der Waals surface area contributed by atoms with Crippen LogP contribution < -0.4 is 10.9 Å². The SMILES string of the molecule is C=CCn1c(SCC(=O)Nc2ccccc2C)nc2scc(-c3ccc(C)cc3)c2c1=O. The summed E-state index contributed by atoms with van der Waals surface area (Å²) in [4.78, 5) is 31.3. The van der Waals surface area contributed by atoms with Gasteiger partial charge in [-0.05, 0) is 31.0 Å². The molecular weight excluding hydrogens is 438 g/mol. The largest absolute Gasteiger partial charge is 0.325 e. The average molecular weight is 462 g/mol. The Kier molecular flexibility index (Phi) is 6.58. The summed E-state index contributed by atoms with van der Waals surface area (Å²) < 4.78 is 1.59. The molecule has 2 aromatic carbocycles. The molecule has 1 N–H and O–H groups in total. The van der Waals surface area contributed by atoms with Gasteiger partial charge in [0, 0.05) is 23.2 Å². The highest BCUT2D eigenvalue weighted by Gasteiger charge is 2.18. The summed E-state index contributed by atoms with van der Waals surface area (Å²) in [6.45, 7) is 8.09. The highest BCUT2D eigenvalue weighted by atomic mass is 32.2. The van der Waals surface area contributed by atoms with Crippen molar-refractivity contribution < 1.29 is 4.79 Å². The summed E-state index contributed by atoms with van der Waals surface area (Å²) in [5, 5.41) is 6.01. The maximum atomic E-state index is 13.4. The van der Waals surface area contributed by atoms with Gasteiger partial charge >= 0.3 is 0 Å². The molecule has 1 amide bonds. The van der Waals surface area contributed by atoms with E-state index in [1.807, 2.05) is 67.8 Å². The van der Waals surface area contributed by atoms with E-state index in [0.717, 1.165) is 27.9 Å². The second kappa shape index (κ2) is 9.54. The van der Waals surface area contributed by atoms with Crippen molar-refractivity contribution in [2.24, 2.45) is 0 Å². The predicted molar refractivity (Wildman–Crippen MR) is 135 cm³/mol. The van der Waals surface area contributed by atoms with E-state index < -0.39 is 0 Å². The number of hydrogen-bond donors (Lipinski definition) is 1. The molecule has 7 heteroatoms. The number of thioether (sulfide) groups is 1. The normalized spacial score (nSPS) is 10.9. The number of aryl methyl sites for hydroxylation is 2. The van der Waals surface area contributed by atoms with Crippen molar-refractivity contribution in [2.75, 3.05) is 11.1 Å². The van der Waals surface area contributed by atoms with Crippen LogP contribution >= 0.6 is 23.1 Å². The summed E-state index contributed by atoms with van der Waals surface area (Å²) >= 11 is 2.70. The fourth-order valence-electron chi connectivity index (χ4n) is 3.38.